The predicted octanol–water partition coefficient (Wildman–Crippen LogP) is 3.66. The van der Waals surface area contributed by atoms with Crippen molar-refractivity contribution >= 4 is 23.4 Å². The van der Waals surface area contributed by atoms with Gasteiger partial charge in [0.15, 0.2) is 0 Å². The van der Waals surface area contributed by atoms with Gasteiger partial charge in [-0.15, -0.1) is 11.8 Å². The largest absolute Gasteiger partial charge is 0.326 e. The van der Waals surface area contributed by atoms with Crippen molar-refractivity contribution in [2.75, 3.05) is 18.6 Å². The van der Waals surface area contributed by atoms with Crippen LogP contribution in [0.1, 0.15) is 38.5 Å². The molecule has 4 heteroatoms. The van der Waals surface area contributed by atoms with Crippen molar-refractivity contribution in [3.05, 3.63) is 24.3 Å². The van der Waals surface area contributed by atoms with Crippen molar-refractivity contribution in [1.29, 1.82) is 0 Å². The molecule has 110 valence electrons. The quantitative estimate of drug-likeness (QED) is 0.814. The molecule has 3 nitrogen and oxygen atoms in total. The van der Waals surface area contributed by atoms with Gasteiger partial charge in [-0.25, -0.2) is 0 Å². The van der Waals surface area contributed by atoms with Crippen LogP contribution in [0.4, 0.5) is 5.69 Å². The Hall–Kier alpha value is -1.00. The van der Waals surface area contributed by atoms with Crippen LogP contribution >= 0.6 is 11.8 Å². The second-order valence-electron chi connectivity index (χ2n) is 5.54. The van der Waals surface area contributed by atoms with Gasteiger partial charge in [-0.2, -0.15) is 0 Å². The molecular formula is C16H24N2OS. The van der Waals surface area contributed by atoms with Gasteiger partial charge in [0.25, 0.3) is 0 Å². The van der Waals surface area contributed by atoms with Crippen molar-refractivity contribution in [3.63, 3.8) is 0 Å². The lowest BCUT2D eigenvalue weighted by Crippen LogP contribution is -2.47. The van der Waals surface area contributed by atoms with Gasteiger partial charge in [0.05, 0.1) is 0 Å². The van der Waals surface area contributed by atoms with Gasteiger partial charge in [0, 0.05) is 22.5 Å². The summed E-state index contributed by atoms with van der Waals surface area (Å²) < 4.78 is 0. The first-order valence-corrected chi connectivity index (χ1v) is 8.53. The molecule has 0 saturated heterocycles. The zero-order valence-electron chi connectivity index (χ0n) is 12.4. The fourth-order valence-electron chi connectivity index (χ4n) is 2.93. The van der Waals surface area contributed by atoms with Gasteiger partial charge in [-0.1, -0.05) is 19.3 Å². The summed E-state index contributed by atoms with van der Waals surface area (Å²) in [5.41, 5.74) is 0.886. The summed E-state index contributed by atoms with van der Waals surface area (Å²) in [4.78, 5) is 13.5. The van der Waals surface area contributed by atoms with Crippen LogP contribution in [0.25, 0.3) is 0 Å². The van der Waals surface area contributed by atoms with Crippen LogP contribution in [0.15, 0.2) is 29.2 Å². The van der Waals surface area contributed by atoms with E-state index in [1.165, 1.54) is 24.2 Å². The number of nitrogens with one attached hydrogen (secondary N) is 2. The number of thioether (sulfide) groups is 1. The van der Waals surface area contributed by atoms with Crippen molar-refractivity contribution in [2.45, 2.75) is 49.0 Å². The molecule has 1 amide bonds. The van der Waals surface area contributed by atoms with Crippen LogP contribution in [0.5, 0.6) is 0 Å². The number of benzene rings is 1. The molecule has 1 fully saturated rings. The molecule has 0 radical (unpaired) electrons. The summed E-state index contributed by atoms with van der Waals surface area (Å²) in [5, 5.41) is 6.40. The third-order valence-electron chi connectivity index (χ3n) is 4.21. The van der Waals surface area contributed by atoms with E-state index < -0.39 is 0 Å². The average molecular weight is 292 g/mol. The number of rotatable bonds is 5. The number of hydrogen-bond acceptors (Lipinski definition) is 3. The second kappa shape index (κ2) is 7.14. The van der Waals surface area contributed by atoms with Gasteiger partial charge in [-0.3, -0.25) is 4.79 Å². The van der Waals surface area contributed by atoms with E-state index in [9.17, 15) is 4.79 Å². The molecule has 0 aliphatic heterocycles. The SMILES string of the molecule is CNC1(CC(=O)Nc2ccc(SC)cc2)CCCCC1. The van der Waals surface area contributed by atoms with E-state index in [0.29, 0.717) is 6.42 Å². The zero-order chi connectivity index (χ0) is 14.4. The number of carbonyl (C=O) groups excluding carboxylic acids is 1. The van der Waals surface area contributed by atoms with Gasteiger partial charge in [0.2, 0.25) is 5.91 Å². The topological polar surface area (TPSA) is 41.1 Å². The number of anilines is 1. The summed E-state index contributed by atoms with van der Waals surface area (Å²) in [7, 11) is 1.98. The molecule has 1 aliphatic rings. The summed E-state index contributed by atoms with van der Waals surface area (Å²) in [6.45, 7) is 0. The fourth-order valence-corrected chi connectivity index (χ4v) is 3.34. The van der Waals surface area contributed by atoms with Crippen LogP contribution < -0.4 is 10.6 Å². The summed E-state index contributed by atoms with van der Waals surface area (Å²) in [6, 6.07) is 8.01. The van der Waals surface area contributed by atoms with E-state index in [-0.39, 0.29) is 11.4 Å². The molecule has 1 aromatic rings. The van der Waals surface area contributed by atoms with Gasteiger partial charge >= 0.3 is 0 Å². The van der Waals surface area contributed by atoms with Gasteiger partial charge < -0.3 is 10.6 Å². The fraction of sp³-hybridized carbons (Fsp3) is 0.562. The summed E-state index contributed by atoms with van der Waals surface area (Å²) in [5.74, 6) is 0.109. The maximum atomic E-state index is 12.2. The highest BCUT2D eigenvalue weighted by atomic mass is 32.2. The van der Waals surface area contributed by atoms with E-state index in [1.54, 1.807) is 11.8 Å². The van der Waals surface area contributed by atoms with E-state index in [4.69, 9.17) is 0 Å². The highest BCUT2D eigenvalue weighted by Crippen LogP contribution is 2.31. The molecule has 0 heterocycles. The molecular weight excluding hydrogens is 268 g/mol. The van der Waals surface area contributed by atoms with Crippen LogP contribution in [0.2, 0.25) is 0 Å². The van der Waals surface area contributed by atoms with Crippen molar-refractivity contribution in [1.82, 2.24) is 5.32 Å². The smallest absolute Gasteiger partial charge is 0.226 e. The molecule has 1 saturated carbocycles. The standard InChI is InChI=1S/C16H24N2OS/c1-17-16(10-4-3-5-11-16)12-15(19)18-13-6-8-14(20-2)9-7-13/h6-9,17H,3-5,10-12H2,1-2H3,(H,18,19). The second-order valence-corrected chi connectivity index (χ2v) is 6.42. The van der Waals surface area contributed by atoms with Crippen LogP contribution in [0.3, 0.4) is 0 Å². The lowest BCUT2D eigenvalue weighted by atomic mass is 9.79. The molecule has 0 unspecified atom stereocenters. The Morgan fingerprint density at radius 1 is 1.20 bits per heavy atom. The predicted molar refractivity (Wildman–Crippen MR) is 86.3 cm³/mol. The highest BCUT2D eigenvalue weighted by Gasteiger charge is 2.32. The number of amides is 1. The Labute approximate surface area is 125 Å². The van der Waals surface area contributed by atoms with Gasteiger partial charge in [-0.05, 0) is 50.4 Å². The molecule has 2 rings (SSSR count). The lowest BCUT2D eigenvalue weighted by molar-refractivity contribution is -0.117. The number of hydrogen-bond donors (Lipinski definition) is 2. The van der Waals surface area contributed by atoms with E-state index >= 15 is 0 Å². The molecule has 0 atom stereocenters. The summed E-state index contributed by atoms with van der Waals surface area (Å²) >= 11 is 1.71. The highest BCUT2D eigenvalue weighted by molar-refractivity contribution is 7.98. The van der Waals surface area contributed by atoms with Gasteiger partial charge in [0.1, 0.15) is 0 Å². The maximum Gasteiger partial charge on any atom is 0.226 e. The minimum Gasteiger partial charge on any atom is -0.326 e. The van der Waals surface area contributed by atoms with Crippen molar-refractivity contribution in [3.8, 4) is 0 Å². The van der Waals surface area contributed by atoms with Crippen LogP contribution in [-0.4, -0.2) is 24.7 Å². The summed E-state index contributed by atoms with van der Waals surface area (Å²) in [6.07, 6.45) is 8.54. The maximum absolute atomic E-state index is 12.2. The number of carbonyl (C=O) groups is 1. The monoisotopic (exact) mass is 292 g/mol. The minimum atomic E-state index is 0.00153. The first kappa shape index (κ1) is 15.4. The Morgan fingerprint density at radius 2 is 1.85 bits per heavy atom. The Bertz CT molecular complexity index is 438. The van der Waals surface area contributed by atoms with E-state index in [2.05, 4.69) is 10.6 Å². The third-order valence-corrected chi connectivity index (χ3v) is 4.96. The molecule has 1 aromatic carbocycles. The lowest BCUT2D eigenvalue weighted by Gasteiger charge is -2.36. The van der Waals surface area contributed by atoms with Crippen molar-refractivity contribution < 1.29 is 4.79 Å². The molecule has 0 bridgehead atoms. The van der Waals surface area contributed by atoms with Crippen molar-refractivity contribution in [2.24, 2.45) is 0 Å². The first-order chi connectivity index (χ1) is 9.67. The minimum absolute atomic E-state index is 0.00153. The Morgan fingerprint density at radius 3 is 2.40 bits per heavy atom. The molecule has 2 N–H and O–H groups in total. The van der Waals surface area contributed by atoms with E-state index in [1.807, 2.05) is 37.6 Å². The molecule has 0 aromatic heterocycles. The zero-order valence-corrected chi connectivity index (χ0v) is 13.2. The molecule has 20 heavy (non-hydrogen) atoms. The molecule has 1 aliphatic carbocycles. The molecule has 0 spiro atoms. The first-order valence-electron chi connectivity index (χ1n) is 7.30. The van der Waals surface area contributed by atoms with Crippen LogP contribution in [0, 0.1) is 0 Å². The normalized spacial score (nSPS) is 17.7. The Balaban J connectivity index is 1.93. The Kier molecular flexibility index (Phi) is 5.49. The average Bonchev–Trinajstić information content (AvgIpc) is 2.49. The van der Waals surface area contributed by atoms with Crippen LogP contribution in [-0.2, 0) is 4.79 Å². The van der Waals surface area contributed by atoms with E-state index in [0.717, 1.165) is 18.5 Å². The third kappa shape index (κ3) is 4.00.